The fourth-order valence-electron chi connectivity index (χ4n) is 4.00. The predicted molar refractivity (Wildman–Crippen MR) is 113 cm³/mol. The highest BCUT2D eigenvalue weighted by Gasteiger charge is 2.51. The van der Waals surface area contributed by atoms with Crippen LogP contribution >= 0.6 is 0 Å². The average molecular weight is 428 g/mol. The number of halogens is 2. The van der Waals surface area contributed by atoms with Crippen molar-refractivity contribution >= 4 is 11.6 Å². The van der Waals surface area contributed by atoms with Gasteiger partial charge in [-0.1, -0.05) is 38.1 Å². The molecule has 1 aliphatic heterocycles. The molecule has 1 fully saturated rings. The molecule has 164 valence electrons. The number of pyridine rings is 1. The van der Waals surface area contributed by atoms with E-state index in [4.69, 9.17) is 5.26 Å². The van der Waals surface area contributed by atoms with E-state index in [9.17, 15) is 13.6 Å². The lowest BCUT2D eigenvalue weighted by Gasteiger charge is -2.50. The Labute approximate surface area is 180 Å². The summed E-state index contributed by atoms with van der Waals surface area (Å²) < 4.78 is 30.2. The van der Waals surface area contributed by atoms with E-state index in [0.29, 0.717) is 31.7 Å². The van der Waals surface area contributed by atoms with Crippen LogP contribution in [0.15, 0.2) is 36.4 Å². The highest BCUT2D eigenvalue weighted by Crippen LogP contribution is 2.40. The van der Waals surface area contributed by atoms with Crippen LogP contribution in [0.4, 0.5) is 14.5 Å². The lowest BCUT2D eigenvalue weighted by molar-refractivity contribution is -0.128. The lowest BCUT2D eigenvalue weighted by atomic mass is 9.69. The van der Waals surface area contributed by atoms with Crippen LogP contribution < -0.4 is 10.1 Å². The van der Waals surface area contributed by atoms with Crippen molar-refractivity contribution in [3.05, 3.63) is 53.2 Å². The van der Waals surface area contributed by atoms with Crippen molar-refractivity contribution in [1.29, 1.82) is 5.26 Å². The van der Waals surface area contributed by atoms with E-state index in [0.717, 1.165) is 11.1 Å². The van der Waals surface area contributed by atoms with Crippen molar-refractivity contribution in [3.63, 3.8) is 0 Å². The topological polar surface area (TPSA) is 78.2 Å². The molecule has 0 unspecified atom stereocenters. The maximum absolute atomic E-state index is 13.6. The van der Waals surface area contributed by atoms with Crippen molar-refractivity contribution < 1.29 is 18.3 Å². The third-order valence-corrected chi connectivity index (χ3v) is 5.51. The predicted octanol–water partition coefficient (Wildman–Crippen LogP) is 4.22. The summed E-state index contributed by atoms with van der Waals surface area (Å²) >= 11 is 0. The summed E-state index contributed by atoms with van der Waals surface area (Å²) in [5.74, 6) is -0.414. The number of rotatable bonds is 8. The van der Waals surface area contributed by atoms with Gasteiger partial charge in [-0.15, -0.1) is 0 Å². The van der Waals surface area contributed by atoms with Gasteiger partial charge in [0.15, 0.2) is 0 Å². The molecule has 1 aliphatic rings. The largest absolute Gasteiger partial charge is 0.415 e. The summed E-state index contributed by atoms with van der Waals surface area (Å²) in [5, 5.41) is 11.7. The number of carbonyl (C=O) groups excluding carboxylic acids is 1. The minimum atomic E-state index is -3.05. The molecule has 0 saturated carbocycles. The molecule has 0 aliphatic carbocycles. The van der Waals surface area contributed by atoms with Gasteiger partial charge in [0.2, 0.25) is 11.8 Å². The molecule has 0 bridgehead atoms. The summed E-state index contributed by atoms with van der Waals surface area (Å²) in [6, 6.07) is 13.1. The molecule has 0 atom stereocenters. The molecular weight excluding hydrogens is 402 g/mol. The summed E-state index contributed by atoms with van der Waals surface area (Å²) in [4.78, 5) is 19.6. The molecule has 3 rings (SSSR count). The number of likely N-dealkylation sites (tertiary alicyclic amines) is 1. The number of nitriles is 1. The van der Waals surface area contributed by atoms with Gasteiger partial charge in [0, 0.05) is 31.7 Å². The first-order chi connectivity index (χ1) is 14.8. The number of hydrogen-bond donors (Lipinski definition) is 1. The van der Waals surface area contributed by atoms with E-state index in [1.165, 1.54) is 6.07 Å². The number of amides is 1. The van der Waals surface area contributed by atoms with Gasteiger partial charge >= 0.3 is 6.61 Å². The Bertz CT molecular complexity index is 982. The van der Waals surface area contributed by atoms with E-state index >= 15 is 0 Å². The van der Waals surface area contributed by atoms with E-state index in [-0.39, 0.29) is 23.4 Å². The van der Waals surface area contributed by atoms with E-state index in [1.807, 2.05) is 29.2 Å². The van der Waals surface area contributed by atoms with Crippen LogP contribution in [0.5, 0.6) is 5.88 Å². The second-order valence-electron chi connectivity index (χ2n) is 8.08. The fourth-order valence-corrected chi connectivity index (χ4v) is 4.00. The number of benzene rings is 1. The standard InChI is InChI=1S/C23H26F2N4O2/c1-15(2)17-7-4-5-8-18(17)23(13-29(14-23)12-6-11-26)21(30)28-19-10-9-16(3)27-20(19)31-22(24)25/h4-5,7-10,15,22H,6,12-14H2,1-3H3,(H,28,30). The second kappa shape index (κ2) is 9.40. The molecule has 2 aromatic rings. The number of nitrogens with zero attached hydrogens (tertiary/aromatic N) is 3. The minimum Gasteiger partial charge on any atom is -0.415 e. The molecule has 1 amide bonds. The van der Waals surface area contributed by atoms with Gasteiger partial charge < -0.3 is 10.1 Å². The van der Waals surface area contributed by atoms with Crippen molar-refractivity contribution in [1.82, 2.24) is 9.88 Å². The first-order valence-corrected chi connectivity index (χ1v) is 10.2. The van der Waals surface area contributed by atoms with Crippen molar-refractivity contribution in [2.45, 2.75) is 45.1 Å². The number of hydrogen-bond acceptors (Lipinski definition) is 5. The minimum absolute atomic E-state index is 0.104. The highest BCUT2D eigenvalue weighted by atomic mass is 19.3. The molecule has 6 nitrogen and oxygen atoms in total. The van der Waals surface area contributed by atoms with Gasteiger partial charge in [0.05, 0.1) is 11.5 Å². The third kappa shape index (κ3) is 4.83. The summed E-state index contributed by atoms with van der Waals surface area (Å²) in [6.07, 6.45) is 0.373. The van der Waals surface area contributed by atoms with E-state index in [2.05, 4.69) is 35.0 Å². The monoisotopic (exact) mass is 428 g/mol. The van der Waals surface area contributed by atoms with E-state index in [1.54, 1.807) is 13.0 Å². The zero-order chi connectivity index (χ0) is 22.6. The molecule has 1 N–H and O–H groups in total. The van der Waals surface area contributed by atoms with Crippen LogP contribution in [0, 0.1) is 18.3 Å². The zero-order valence-electron chi connectivity index (χ0n) is 17.9. The van der Waals surface area contributed by atoms with Crippen LogP contribution in [0.2, 0.25) is 0 Å². The number of aryl methyl sites for hydroxylation is 1. The Balaban J connectivity index is 1.95. The number of alkyl halides is 2. The molecule has 0 spiro atoms. The highest BCUT2D eigenvalue weighted by molar-refractivity contribution is 6.01. The number of carbonyl (C=O) groups is 1. The summed E-state index contributed by atoms with van der Waals surface area (Å²) in [6.45, 7) is 4.18. The lowest BCUT2D eigenvalue weighted by Crippen LogP contribution is -2.65. The van der Waals surface area contributed by atoms with Crippen LogP contribution in [-0.2, 0) is 10.2 Å². The van der Waals surface area contributed by atoms with Gasteiger partial charge in [0.25, 0.3) is 0 Å². The van der Waals surface area contributed by atoms with Crippen molar-refractivity contribution in [2.75, 3.05) is 25.0 Å². The maximum Gasteiger partial charge on any atom is 0.388 e. The molecule has 1 aromatic heterocycles. The van der Waals surface area contributed by atoms with Crippen molar-refractivity contribution in [2.24, 2.45) is 0 Å². The molecular formula is C23H26F2N4O2. The second-order valence-corrected chi connectivity index (χ2v) is 8.08. The Morgan fingerprint density at radius 2 is 2.00 bits per heavy atom. The van der Waals surface area contributed by atoms with Crippen LogP contribution in [-0.4, -0.2) is 42.0 Å². The Kier molecular flexibility index (Phi) is 6.86. The fraction of sp³-hybridized carbons (Fsp3) is 0.435. The number of ether oxygens (including phenoxy) is 1. The summed E-state index contributed by atoms with van der Waals surface area (Å²) in [7, 11) is 0. The first kappa shape index (κ1) is 22.6. The number of aromatic nitrogens is 1. The van der Waals surface area contributed by atoms with Crippen molar-refractivity contribution in [3.8, 4) is 11.9 Å². The molecule has 1 aromatic carbocycles. The van der Waals surface area contributed by atoms with Gasteiger partial charge in [-0.2, -0.15) is 14.0 Å². The molecule has 8 heteroatoms. The van der Waals surface area contributed by atoms with Crippen LogP contribution in [0.25, 0.3) is 0 Å². The number of anilines is 1. The van der Waals surface area contributed by atoms with Gasteiger partial charge in [0.1, 0.15) is 5.69 Å². The first-order valence-electron chi connectivity index (χ1n) is 10.2. The smallest absolute Gasteiger partial charge is 0.388 e. The van der Waals surface area contributed by atoms with Gasteiger partial charge in [-0.25, -0.2) is 4.98 Å². The van der Waals surface area contributed by atoms with Crippen LogP contribution in [0.3, 0.4) is 0 Å². The van der Waals surface area contributed by atoms with Crippen LogP contribution in [0.1, 0.15) is 43.0 Å². The molecule has 31 heavy (non-hydrogen) atoms. The SMILES string of the molecule is Cc1ccc(NC(=O)C2(c3ccccc3C(C)C)CN(CCC#N)C2)c(OC(F)F)n1. The normalized spacial score (nSPS) is 15.4. The summed E-state index contributed by atoms with van der Waals surface area (Å²) in [5.41, 5.74) is 1.71. The Hall–Kier alpha value is -3.05. The average Bonchev–Trinajstić information content (AvgIpc) is 2.69. The zero-order valence-corrected chi connectivity index (χ0v) is 17.9. The Morgan fingerprint density at radius 3 is 2.65 bits per heavy atom. The quantitative estimate of drug-likeness (QED) is 0.681. The van der Waals surface area contributed by atoms with Gasteiger partial charge in [-0.05, 0) is 36.1 Å². The van der Waals surface area contributed by atoms with E-state index < -0.39 is 12.0 Å². The number of nitrogens with one attached hydrogen (secondary N) is 1. The Morgan fingerprint density at radius 1 is 1.29 bits per heavy atom. The molecule has 2 heterocycles. The molecule has 0 radical (unpaired) electrons. The third-order valence-electron chi connectivity index (χ3n) is 5.51. The van der Waals surface area contributed by atoms with Gasteiger partial charge in [-0.3, -0.25) is 9.69 Å². The molecule has 1 saturated heterocycles. The maximum atomic E-state index is 13.6.